The molecule has 246 valence electrons. The van der Waals surface area contributed by atoms with Gasteiger partial charge < -0.3 is 4.90 Å². The third-order valence-electron chi connectivity index (χ3n) is 12.2. The van der Waals surface area contributed by atoms with Gasteiger partial charge in [-0.2, -0.15) is 0 Å². The molecule has 0 unspecified atom stereocenters. The summed E-state index contributed by atoms with van der Waals surface area (Å²) in [7, 11) is 0. The lowest BCUT2D eigenvalue weighted by Gasteiger charge is -2.47. The molecule has 4 aliphatic rings. The minimum Gasteiger partial charge on any atom is -0.309 e. The van der Waals surface area contributed by atoms with E-state index in [9.17, 15) is 0 Å². The van der Waals surface area contributed by atoms with E-state index in [2.05, 4.69) is 183 Å². The van der Waals surface area contributed by atoms with Crippen molar-refractivity contribution in [2.45, 2.75) is 32.1 Å². The highest BCUT2D eigenvalue weighted by Crippen LogP contribution is 2.66. The van der Waals surface area contributed by atoms with Gasteiger partial charge in [0.15, 0.2) is 0 Å². The van der Waals surface area contributed by atoms with Gasteiger partial charge in [-0.3, -0.25) is 0 Å². The van der Waals surface area contributed by atoms with Gasteiger partial charge in [-0.05, 0) is 117 Å². The van der Waals surface area contributed by atoms with Crippen molar-refractivity contribution in [2.24, 2.45) is 0 Å². The van der Waals surface area contributed by atoms with Crippen LogP contribution in [0.3, 0.4) is 0 Å². The Bertz CT molecular complexity index is 2660. The average Bonchev–Trinajstić information content (AvgIpc) is 3.49. The maximum atomic E-state index is 2.65. The molecule has 7 aromatic carbocycles. The van der Waals surface area contributed by atoms with Gasteiger partial charge in [-0.1, -0.05) is 151 Å². The van der Waals surface area contributed by atoms with Crippen LogP contribution in [-0.4, -0.2) is 0 Å². The molecule has 11 rings (SSSR count). The number of para-hydroxylation sites is 2. The molecule has 7 aromatic rings. The summed E-state index contributed by atoms with van der Waals surface area (Å²) in [5.74, 6) is 0. The second kappa shape index (κ2) is 10.9. The number of hydrogen-bond acceptors (Lipinski definition) is 1. The van der Waals surface area contributed by atoms with Crippen molar-refractivity contribution in [3.05, 3.63) is 208 Å². The Kier molecular flexibility index (Phi) is 6.20. The first-order valence-electron chi connectivity index (χ1n) is 18.6. The van der Waals surface area contributed by atoms with Crippen LogP contribution in [0.5, 0.6) is 0 Å². The second-order valence-corrected chi connectivity index (χ2v) is 14.8. The quantitative estimate of drug-likeness (QED) is 0.178. The number of allylic oxidation sites excluding steroid dienone is 4. The molecule has 0 aromatic heterocycles. The molecule has 0 saturated heterocycles. The normalized spacial score (nSPS) is 15.5. The van der Waals surface area contributed by atoms with Crippen molar-refractivity contribution in [1.29, 1.82) is 0 Å². The fraction of sp³-hybridized carbons (Fsp3) is 0.0980. The summed E-state index contributed by atoms with van der Waals surface area (Å²) < 4.78 is 0. The zero-order chi connectivity index (χ0) is 34.6. The smallest absolute Gasteiger partial charge is 0.0754 e. The third-order valence-corrected chi connectivity index (χ3v) is 12.2. The van der Waals surface area contributed by atoms with Crippen molar-refractivity contribution < 1.29 is 0 Å². The highest BCUT2D eigenvalue weighted by molar-refractivity contribution is 6.17. The Morgan fingerprint density at radius 1 is 0.481 bits per heavy atom. The summed E-state index contributed by atoms with van der Waals surface area (Å²) in [6, 6.07) is 59.5. The van der Waals surface area contributed by atoms with E-state index in [0.29, 0.717) is 0 Å². The van der Waals surface area contributed by atoms with Crippen molar-refractivity contribution in [3.63, 3.8) is 0 Å². The average molecular weight is 664 g/mol. The highest BCUT2D eigenvalue weighted by Gasteiger charge is 2.53. The van der Waals surface area contributed by atoms with Gasteiger partial charge in [-0.15, -0.1) is 0 Å². The van der Waals surface area contributed by atoms with Gasteiger partial charge in [0.25, 0.3) is 0 Å². The third kappa shape index (κ3) is 3.78. The predicted octanol–water partition coefficient (Wildman–Crippen LogP) is 13.4. The molecule has 1 heteroatoms. The predicted molar refractivity (Wildman–Crippen MR) is 217 cm³/mol. The Balaban J connectivity index is 1.37. The summed E-state index contributed by atoms with van der Waals surface area (Å²) in [5, 5.41) is 0. The number of hydrogen-bond donors (Lipinski definition) is 0. The van der Waals surface area contributed by atoms with Crippen LogP contribution in [0.4, 0.5) is 17.1 Å². The standard InChI is InChI=1S/C51H37N/c1-32-16-6-7-20-36(32)49-41-30-35(34-18-4-3-5-19-34)31-47(49)52-46-29-13-12-27-44(46)51(42-25-10-8-21-37(42)38-22-9-11-26-43(38)51)45-28-15-24-40(50(45)52)48-33(2)17-14-23-39(41)48/h3-13,15-16,18-31H,14,17H2,1-2H3. The van der Waals surface area contributed by atoms with Crippen LogP contribution in [0, 0.1) is 6.92 Å². The fourth-order valence-electron chi connectivity index (χ4n) is 10.1. The fourth-order valence-corrected chi connectivity index (χ4v) is 10.1. The van der Waals surface area contributed by atoms with E-state index < -0.39 is 5.41 Å². The second-order valence-electron chi connectivity index (χ2n) is 14.8. The summed E-state index contributed by atoms with van der Waals surface area (Å²) in [4.78, 5) is 2.65. The van der Waals surface area contributed by atoms with Gasteiger partial charge in [0.1, 0.15) is 0 Å². The Hall–Kier alpha value is -6.18. The highest BCUT2D eigenvalue weighted by atomic mass is 15.2. The number of anilines is 3. The molecule has 2 aliphatic heterocycles. The molecule has 1 nitrogen and oxygen atoms in total. The minimum absolute atomic E-state index is 0.472. The van der Waals surface area contributed by atoms with Crippen LogP contribution >= 0.6 is 0 Å². The van der Waals surface area contributed by atoms with E-state index in [-0.39, 0.29) is 0 Å². The van der Waals surface area contributed by atoms with E-state index in [1.54, 1.807) is 0 Å². The van der Waals surface area contributed by atoms with E-state index in [4.69, 9.17) is 0 Å². The zero-order valence-electron chi connectivity index (χ0n) is 29.4. The Morgan fingerprint density at radius 3 is 1.85 bits per heavy atom. The van der Waals surface area contributed by atoms with E-state index in [0.717, 1.165) is 12.8 Å². The summed E-state index contributed by atoms with van der Waals surface area (Å²) in [5.41, 5.74) is 24.5. The van der Waals surface area contributed by atoms with E-state index >= 15 is 0 Å². The van der Waals surface area contributed by atoms with Gasteiger partial charge in [0.2, 0.25) is 0 Å². The van der Waals surface area contributed by atoms with Crippen molar-refractivity contribution >= 4 is 28.2 Å². The molecule has 2 heterocycles. The minimum atomic E-state index is -0.472. The molecular weight excluding hydrogens is 627 g/mol. The molecule has 2 aliphatic carbocycles. The number of nitrogens with zero attached hydrogens (tertiary/aromatic N) is 1. The lowest BCUT2D eigenvalue weighted by molar-refractivity contribution is 0.752. The van der Waals surface area contributed by atoms with Gasteiger partial charge in [0.05, 0.1) is 22.5 Å². The molecule has 0 N–H and O–H groups in total. The first kappa shape index (κ1) is 29.5. The van der Waals surface area contributed by atoms with Crippen LogP contribution in [0.2, 0.25) is 0 Å². The van der Waals surface area contributed by atoms with Crippen LogP contribution in [0.15, 0.2) is 169 Å². The topological polar surface area (TPSA) is 3.24 Å². The molecule has 0 radical (unpaired) electrons. The number of aryl methyl sites for hydroxylation is 1. The maximum absolute atomic E-state index is 2.65. The van der Waals surface area contributed by atoms with Crippen LogP contribution in [0.1, 0.15) is 58.7 Å². The maximum Gasteiger partial charge on any atom is 0.0754 e. The lowest BCUT2D eigenvalue weighted by Crippen LogP contribution is -2.37. The molecule has 52 heavy (non-hydrogen) atoms. The number of rotatable bonds is 2. The molecule has 0 amide bonds. The van der Waals surface area contributed by atoms with Crippen LogP contribution < -0.4 is 4.90 Å². The van der Waals surface area contributed by atoms with Gasteiger partial charge in [-0.25, -0.2) is 0 Å². The lowest BCUT2D eigenvalue weighted by atomic mass is 9.63. The molecule has 0 saturated carbocycles. The van der Waals surface area contributed by atoms with Crippen molar-refractivity contribution in [2.75, 3.05) is 4.90 Å². The summed E-state index contributed by atoms with van der Waals surface area (Å²) in [6.07, 6.45) is 4.62. The number of fused-ring (bicyclic) bond motifs is 15. The van der Waals surface area contributed by atoms with E-state index in [1.165, 1.54) is 106 Å². The van der Waals surface area contributed by atoms with Crippen molar-refractivity contribution in [1.82, 2.24) is 0 Å². The Morgan fingerprint density at radius 2 is 1.10 bits per heavy atom. The van der Waals surface area contributed by atoms with Crippen LogP contribution in [0.25, 0.3) is 44.5 Å². The Labute approximate surface area is 305 Å². The molecule has 1 spiro atoms. The summed E-state index contributed by atoms with van der Waals surface area (Å²) in [6.45, 7) is 4.64. The molecule has 0 fully saturated rings. The molecular formula is C51H37N. The molecule has 2 bridgehead atoms. The number of benzene rings is 7. The summed E-state index contributed by atoms with van der Waals surface area (Å²) >= 11 is 0. The van der Waals surface area contributed by atoms with Gasteiger partial charge in [0, 0.05) is 11.1 Å². The van der Waals surface area contributed by atoms with Gasteiger partial charge >= 0.3 is 0 Å². The zero-order valence-corrected chi connectivity index (χ0v) is 29.4. The molecule has 0 atom stereocenters. The SMILES string of the molecule is CC1=C2C(=CCC1)c1cc(-c3ccccc3)cc(c1-c1ccccc1C)N1c3ccccc3C3(c4ccccc4-c4ccccc43)c3cccc2c31. The van der Waals surface area contributed by atoms with Crippen LogP contribution in [-0.2, 0) is 5.41 Å². The monoisotopic (exact) mass is 663 g/mol. The van der Waals surface area contributed by atoms with E-state index in [1.807, 2.05) is 0 Å². The first-order chi connectivity index (χ1) is 25.7. The first-order valence-corrected chi connectivity index (χ1v) is 18.6. The largest absolute Gasteiger partial charge is 0.309 e. The van der Waals surface area contributed by atoms with Crippen molar-refractivity contribution in [3.8, 4) is 33.4 Å².